The molecule has 1 N–H and O–H groups in total. The number of thiazole rings is 1. The molecular weight excluding hydrogens is 334 g/mol. The number of nitrogens with one attached hydrogen (secondary N) is 1. The maximum absolute atomic E-state index is 12.9. The first-order valence-corrected chi connectivity index (χ1v) is 10.3. The molecule has 1 aliphatic carbocycles. The summed E-state index contributed by atoms with van der Waals surface area (Å²) in [6.45, 7) is 8.98. The predicted molar refractivity (Wildman–Crippen MR) is 103 cm³/mol. The highest BCUT2D eigenvalue weighted by molar-refractivity contribution is 7.15. The van der Waals surface area contributed by atoms with Crippen molar-refractivity contribution >= 4 is 28.3 Å². The third kappa shape index (κ3) is 6.10. The molecule has 140 valence electrons. The monoisotopic (exact) mass is 365 g/mol. The Bertz CT molecular complexity index is 576. The van der Waals surface area contributed by atoms with Crippen LogP contribution in [0.15, 0.2) is 0 Å². The van der Waals surface area contributed by atoms with Gasteiger partial charge in [-0.05, 0) is 45.4 Å². The van der Waals surface area contributed by atoms with E-state index in [-0.39, 0.29) is 24.3 Å². The first kappa shape index (κ1) is 19.9. The number of hydrogen-bond donors (Lipinski definition) is 1. The number of anilines is 1. The Hall–Kier alpha value is -1.43. The molecule has 1 fully saturated rings. The van der Waals surface area contributed by atoms with Gasteiger partial charge in [0.15, 0.2) is 5.13 Å². The smallest absolute Gasteiger partial charge is 0.245 e. The van der Waals surface area contributed by atoms with Crippen molar-refractivity contribution in [2.24, 2.45) is 11.8 Å². The lowest BCUT2D eigenvalue weighted by atomic mass is 9.97. The summed E-state index contributed by atoms with van der Waals surface area (Å²) in [7, 11) is 0. The molecule has 2 amide bonds. The molecule has 0 bridgehead atoms. The van der Waals surface area contributed by atoms with Gasteiger partial charge >= 0.3 is 0 Å². The second kappa shape index (κ2) is 9.32. The van der Waals surface area contributed by atoms with Gasteiger partial charge in [-0.3, -0.25) is 9.59 Å². The molecule has 1 aliphatic rings. The van der Waals surface area contributed by atoms with Crippen LogP contribution >= 0.6 is 11.3 Å². The van der Waals surface area contributed by atoms with Gasteiger partial charge in [-0.15, -0.1) is 11.3 Å². The normalized spacial score (nSPS) is 15.0. The lowest BCUT2D eigenvalue weighted by molar-refractivity contribution is -0.139. The third-order valence-corrected chi connectivity index (χ3v) is 5.83. The molecule has 2 rings (SSSR count). The summed E-state index contributed by atoms with van der Waals surface area (Å²) in [5.41, 5.74) is 0.942. The molecule has 0 aromatic carbocycles. The highest BCUT2D eigenvalue weighted by Crippen LogP contribution is 2.30. The fourth-order valence-corrected chi connectivity index (χ4v) is 3.74. The number of hydrogen-bond acceptors (Lipinski definition) is 4. The molecule has 1 unspecified atom stereocenters. The van der Waals surface area contributed by atoms with E-state index in [1.54, 1.807) is 4.90 Å². The van der Waals surface area contributed by atoms with Crippen LogP contribution in [0.3, 0.4) is 0 Å². The van der Waals surface area contributed by atoms with E-state index in [0.29, 0.717) is 17.6 Å². The number of aromatic nitrogens is 1. The van der Waals surface area contributed by atoms with Crippen LogP contribution in [0.25, 0.3) is 0 Å². The average molecular weight is 366 g/mol. The van der Waals surface area contributed by atoms with Crippen molar-refractivity contribution in [3.8, 4) is 0 Å². The number of aryl methyl sites for hydroxylation is 2. The molecule has 0 aliphatic heterocycles. The lowest BCUT2D eigenvalue weighted by Gasteiger charge is -2.26. The van der Waals surface area contributed by atoms with Gasteiger partial charge < -0.3 is 10.2 Å². The van der Waals surface area contributed by atoms with Crippen molar-refractivity contribution < 1.29 is 9.59 Å². The summed E-state index contributed by atoms with van der Waals surface area (Å²) in [6.07, 6.45) is 6.25. The van der Waals surface area contributed by atoms with Crippen molar-refractivity contribution in [2.45, 2.75) is 66.2 Å². The molecule has 1 aromatic heterocycles. The molecule has 0 saturated heterocycles. The highest BCUT2D eigenvalue weighted by atomic mass is 32.1. The van der Waals surface area contributed by atoms with Gasteiger partial charge in [-0.25, -0.2) is 4.98 Å². The highest BCUT2D eigenvalue weighted by Gasteiger charge is 2.30. The van der Waals surface area contributed by atoms with Crippen molar-refractivity contribution in [3.63, 3.8) is 0 Å². The molecule has 1 heterocycles. The van der Waals surface area contributed by atoms with Crippen LogP contribution < -0.4 is 5.32 Å². The van der Waals surface area contributed by atoms with E-state index < -0.39 is 0 Å². The standard InChI is InChI=1S/C19H31N3O2S/c1-5-7-8-16(6-2)18(24)22(11-15-9-10-15)12-17(23)21-19-20-13(3)14(4)25-19/h15-16H,5-12H2,1-4H3,(H,20,21,23). The molecule has 1 aromatic rings. The van der Waals surface area contributed by atoms with Crippen molar-refractivity contribution in [1.82, 2.24) is 9.88 Å². The van der Waals surface area contributed by atoms with E-state index in [2.05, 4.69) is 24.1 Å². The van der Waals surface area contributed by atoms with Gasteiger partial charge in [0.25, 0.3) is 0 Å². The molecular formula is C19H31N3O2S. The van der Waals surface area contributed by atoms with Crippen LogP contribution in [0.4, 0.5) is 5.13 Å². The zero-order chi connectivity index (χ0) is 18.4. The number of carbonyl (C=O) groups excluding carboxylic acids is 2. The molecule has 25 heavy (non-hydrogen) atoms. The maximum atomic E-state index is 12.9. The number of rotatable bonds is 10. The van der Waals surface area contributed by atoms with Crippen LogP contribution in [0.1, 0.15) is 62.9 Å². The Morgan fingerprint density at radius 3 is 2.56 bits per heavy atom. The van der Waals surface area contributed by atoms with Crippen LogP contribution in [0.2, 0.25) is 0 Å². The zero-order valence-corrected chi connectivity index (χ0v) is 16.7. The summed E-state index contributed by atoms with van der Waals surface area (Å²) < 4.78 is 0. The fraction of sp³-hybridized carbons (Fsp3) is 0.737. The molecule has 0 radical (unpaired) electrons. The molecule has 6 heteroatoms. The van der Waals surface area contributed by atoms with Gasteiger partial charge in [0.05, 0.1) is 12.2 Å². The minimum absolute atomic E-state index is 0.0378. The first-order valence-electron chi connectivity index (χ1n) is 9.47. The Morgan fingerprint density at radius 1 is 1.32 bits per heavy atom. The van der Waals surface area contributed by atoms with Crippen molar-refractivity contribution in [3.05, 3.63) is 10.6 Å². The summed E-state index contributed by atoms with van der Waals surface area (Å²) in [5.74, 6) is 0.609. The van der Waals surface area contributed by atoms with Crippen LogP contribution in [-0.2, 0) is 9.59 Å². The van der Waals surface area contributed by atoms with E-state index in [0.717, 1.165) is 36.3 Å². The van der Waals surface area contributed by atoms with Gasteiger partial charge in [0, 0.05) is 17.3 Å². The second-order valence-corrected chi connectivity index (χ2v) is 8.32. The minimum Gasteiger partial charge on any atom is -0.333 e. The average Bonchev–Trinajstić information content (AvgIpc) is 3.32. The van der Waals surface area contributed by atoms with Crippen molar-refractivity contribution in [2.75, 3.05) is 18.4 Å². The van der Waals surface area contributed by atoms with E-state index >= 15 is 0 Å². The van der Waals surface area contributed by atoms with Crippen LogP contribution in [0, 0.1) is 25.7 Å². The molecule has 1 atom stereocenters. The molecule has 0 spiro atoms. The Balaban J connectivity index is 1.97. The topological polar surface area (TPSA) is 62.3 Å². The Kier molecular flexibility index (Phi) is 7.41. The van der Waals surface area contributed by atoms with Gasteiger partial charge in [0.1, 0.15) is 0 Å². The first-order chi connectivity index (χ1) is 11.9. The number of amides is 2. The quantitative estimate of drug-likeness (QED) is 0.677. The van der Waals surface area contributed by atoms with Gasteiger partial charge in [-0.2, -0.15) is 0 Å². The second-order valence-electron chi connectivity index (χ2n) is 7.12. The number of carbonyl (C=O) groups is 2. The van der Waals surface area contributed by atoms with E-state index in [4.69, 9.17) is 0 Å². The van der Waals surface area contributed by atoms with Gasteiger partial charge in [-0.1, -0.05) is 26.7 Å². The van der Waals surface area contributed by atoms with Crippen molar-refractivity contribution in [1.29, 1.82) is 0 Å². The van der Waals surface area contributed by atoms with E-state index in [9.17, 15) is 9.59 Å². The van der Waals surface area contributed by atoms with Crippen LogP contribution in [-0.4, -0.2) is 34.8 Å². The van der Waals surface area contributed by atoms with Gasteiger partial charge in [0.2, 0.25) is 11.8 Å². The zero-order valence-electron chi connectivity index (χ0n) is 15.9. The molecule has 5 nitrogen and oxygen atoms in total. The molecule has 1 saturated carbocycles. The Labute approximate surface area is 155 Å². The van der Waals surface area contributed by atoms with E-state index in [1.807, 2.05) is 13.8 Å². The summed E-state index contributed by atoms with van der Waals surface area (Å²) in [6, 6.07) is 0. The number of nitrogens with zero attached hydrogens (tertiary/aromatic N) is 2. The fourth-order valence-electron chi connectivity index (χ4n) is 2.91. The SMILES string of the molecule is CCCCC(CC)C(=O)N(CC(=O)Nc1nc(C)c(C)s1)CC1CC1. The van der Waals surface area contributed by atoms with Crippen LogP contribution in [0.5, 0.6) is 0 Å². The summed E-state index contributed by atoms with van der Waals surface area (Å²) in [5, 5.41) is 3.48. The largest absolute Gasteiger partial charge is 0.333 e. The minimum atomic E-state index is -0.145. The lowest BCUT2D eigenvalue weighted by Crippen LogP contribution is -2.42. The third-order valence-electron chi connectivity index (χ3n) is 4.84. The number of unbranched alkanes of at least 4 members (excludes halogenated alkanes) is 1. The summed E-state index contributed by atoms with van der Waals surface area (Å²) >= 11 is 1.48. The Morgan fingerprint density at radius 2 is 2.04 bits per heavy atom. The summed E-state index contributed by atoms with van der Waals surface area (Å²) in [4.78, 5) is 32.6. The predicted octanol–water partition coefficient (Wildman–Crippen LogP) is 4.15. The van der Waals surface area contributed by atoms with E-state index in [1.165, 1.54) is 24.2 Å². The maximum Gasteiger partial charge on any atom is 0.245 e.